The van der Waals surface area contributed by atoms with E-state index in [0.29, 0.717) is 44.3 Å². The Bertz CT molecular complexity index is 990. The number of anilines is 2. The van der Waals surface area contributed by atoms with Gasteiger partial charge in [-0.3, -0.25) is 9.80 Å². The van der Waals surface area contributed by atoms with E-state index < -0.39 is 0 Å². The van der Waals surface area contributed by atoms with Gasteiger partial charge in [0.25, 0.3) is 0 Å². The number of nitrogens with zero attached hydrogens (tertiary/aromatic N) is 3. The second kappa shape index (κ2) is 8.60. The Kier molecular flexibility index (Phi) is 6.18. The summed E-state index contributed by atoms with van der Waals surface area (Å²) in [6.45, 7) is 1.69. The first-order valence-electron chi connectivity index (χ1n) is 8.19. The number of aromatic nitrogens is 1. The molecule has 1 N–H and O–H groups in total. The number of halogens is 2. The largest absolute Gasteiger partial charge is 0.359 e. The summed E-state index contributed by atoms with van der Waals surface area (Å²) in [5.74, 6) is 0.410. The highest BCUT2D eigenvalue weighted by Crippen LogP contribution is 2.40. The van der Waals surface area contributed by atoms with Crippen molar-refractivity contribution < 1.29 is 9.32 Å². The van der Waals surface area contributed by atoms with Crippen LogP contribution in [0.25, 0.3) is 11.3 Å². The van der Waals surface area contributed by atoms with E-state index in [0.717, 1.165) is 5.69 Å². The van der Waals surface area contributed by atoms with Crippen molar-refractivity contribution in [1.29, 1.82) is 0 Å². The van der Waals surface area contributed by atoms with Gasteiger partial charge in [0.15, 0.2) is 10.9 Å². The molecule has 0 fully saturated rings. The molecule has 1 heterocycles. The molecule has 1 amide bonds. The molecule has 0 aliphatic rings. The van der Waals surface area contributed by atoms with E-state index in [2.05, 4.69) is 10.5 Å². The van der Waals surface area contributed by atoms with Gasteiger partial charge in [0, 0.05) is 18.3 Å². The standard InChI is InChI=1S/C19H16Cl2N4O2S/c1-12-18(17(23-27-12)16-14(20)9-6-10-15(16)21)25(11-26)24(2)19(28)22-13-7-4-3-5-8-13/h3-11H,1-2H3,(H,22,28). The molecule has 28 heavy (non-hydrogen) atoms. The minimum Gasteiger partial charge on any atom is -0.359 e. The smallest absolute Gasteiger partial charge is 0.233 e. The molecule has 144 valence electrons. The molecule has 9 heteroatoms. The molecule has 0 atom stereocenters. The molecule has 0 aliphatic heterocycles. The highest BCUT2D eigenvalue weighted by Gasteiger charge is 2.27. The zero-order valence-electron chi connectivity index (χ0n) is 15.0. The van der Waals surface area contributed by atoms with Crippen LogP contribution in [-0.2, 0) is 4.79 Å². The van der Waals surface area contributed by atoms with E-state index in [9.17, 15) is 4.79 Å². The van der Waals surface area contributed by atoms with Gasteiger partial charge in [0.05, 0.1) is 10.0 Å². The molecule has 3 aromatic rings. The van der Waals surface area contributed by atoms with Crippen molar-refractivity contribution in [1.82, 2.24) is 10.2 Å². The summed E-state index contributed by atoms with van der Waals surface area (Å²) < 4.78 is 5.33. The molecule has 0 radical (unpaired) electrons. The lowest BCUT2D eigenvalue weighted by Gasteiger charge is -2.30. The molecule has 0 saturated heterocycles. The molecular formula is C19H16Cl2N4O2S. The minimum atomic E-state index is 0.301. The second-order valence-corrected chi connectivity index (χ2v) is 7.00. The van der Waals surface area contributed by atoms with Crippen molar-refractivity contribution >= 4 is 58.3 Å². The van der Waals surface area contributed by atoms with Crippen molar-refractivity contribution in [3.8, 4) is 11.3 Å². The summed E-state index contributed by atoms with van der Waals surface area (Å²) in [5.41, 5.74) is 2.00. The van der Waals surface area contributed by atoms with Gasteiger partial charge < -0.3 is 9.84 Å². The van der Waals surface area contributed by atoms with Crippen LogP contribution in [0.3, 0.4) is 0 Å². The van der Waals surface area contributed by atoms with Gasteiger partial charge >= 0.3 is 0 Å². The molecule has 0 saturated carbocycles. The number of nitrogens with one attached hydrogen (secondary N) is 1. The van der Waals surface area contributed by atoms with Crippen LogP contribution in [0.1, 0.15) is 5.76 Å². The van der Waals surface area contributed by atoms with E-state index in [-0.39, 0.29) is 0 Å². The van der Waals surface area contributed by atoms with Crippen molar-refractivity contribution in [3.63, 3.8) is 0 Å². The van der Waals surface area contributed by atoms with Gasteiger partial charge in [0.1, 0.15) is 11.4 Å². The summed E-state index contributed by atoms with van der Waals surface area (Å²) in [7, 11) is 1.65. The Morgan fingerprint density at radius 1 is 1.14 bits per heavy atom. The Labute approximate surface area is 177 Å². The Hall–Kier alpha value is -2.61. The molecular weight excluding hydrogens is 419 g/mol. The minimum absolute atomic E-state index is 0.301. The van der Waals surface area contributed by atoms with Gasteiger partial charge in [-0.2, -0.15) is 0 Å². The summed E-state index contributed by atoms with van der Waals surface area (Å²) in [4.78, 5) is 12.0. The van der Waals surface area contributed by atoms with Gasteiger partial charge in [0.2, 0.25) is 6.41 Å². The number of hydrazine groups is 1. The van der Waals surface area contributed by atoms with Gasteiger partial charge in [-0.1, -0.05) is 52.6 Å². The van der Waals surface area contributed by atoms with Crippen LogP contribution in [0.4, 0.5) is 11.4 Å². The lowest BCUT2D eigenvalue weighted by molar-refractivity contribution is -0.109. The zero-order valence-corrected chi connectivity index (χ0v) is 17.3. The van der Waals surface area contributed by atoms with E-state index in [1.54, 1.807) is 32.2 Å². The number of rotatable bonds is 5. The highest BCUT2D eigenvalue weighted by molar-refractivity contribution is 7.80. The van der Waals surface area contributed by atoms with Gasteiger partial charge in [-0.05, 0) is 43.4 Å². The first kappa shape index (κ1) is 20.1. The summed E-state index contributed by atoms with van der Waals surface area (Å²) in [6, 6.07) is 14.5. The quantitative estimate of drug-likeness (QED) is 0.339. The molecule has 0 aliphatic carbocycles. The third-order valence-electron chi connectivity index (χ3n) is 4.00. The van der Waals surface area contributed by atoms with E-state index in [1.165, 1.54) is 10.0 Å². The molecule has 3 rings (SSSR count). The SMILES string of the molecule is Cc1onc(-c2c(Cl)cccc2Cl)c1N(C=O)N(C)C(=S)Nc1ccccc1. The van der Waals surface area contributed by atoms with E-state index in [1.807, 2.05) is 30.3 Å². The summed E-state index contributed by atoms with van der Waals surface area (Å²) in [6.07, 6.45) is 0.618. The summed E-state index contributed by atoms with van der Waals surface area (Å²) >= 11 is 18.1. The number of benzene rings is 2. The topological polar surface area (TPSA) is 61.6 Å². The number of carbonyl (C=O) groups is 1. The van der Waals surface area contributed by atoms with Crippen molar-refractivity contribution in [2.75, 3.05) is 17.4 Å². The third kappa shape index (κ3) is 3.96. The predicted molar refractivity (Wildman–Crippen MR) is 116 cm³/mol. The normalized spacial score (nSPS) is 10.4. The first-order chi connectivity index (χ1) is 13.4. The van der Waals surface area contributed by atoms with Crippen LogP contribution in [0.2, 0.25) is 10.0 Å². The van der Waals surface area contributed by atoms with Crippen LogP contribution < -0.4 is 10.3 Å². The molecule has 6 nitrogen and oxygen atoms in total. The number of thiocarbonyl (C=S) groups is 1. The van der Waals surface area contributed by atoms with E-state index in [4.69, 9.17) is 39.9 Å². The van der Waals surface area contributed by atoms with Crippen molar-refractivity contribution in [2.24, 2.45) is 0 Å². The average molecular weight is 435 g/mol. The van der Waals surface area contributed by atoms with Crippen LogP contribution in [0.15, 0.2) is 53.1 Å². The van der Waals surface area contributed by atoms with E-state index >= 15 is 0 Å². The fourth-order valence-electron chi connectivity index (χ4n) is 2.62. The maximum atomic E-state index is 12.0. The monoisotopic (exact) mass is 434 g/mol. The maximum absolute atomic E-state index is 12.0. The Morgan fingerprint density at radius 3 is 2.39 bits per heavy atom. The number of para-hydroxylation sites is 1. The molecule has 2 aromatic carbocycles. The molecule has 1 aromatic heterocycles. The fourth-order valence-corrected chi connectivity index (χ4v) is 3.40. The average Bonchev–Trinajstić information content (AvgIpc) is 3.04. The number of aryl methyl sites for hydroxylation is 1. The number of amides is 1. The first-order valence-corrected chi connectivity index (χ1v) is 9.35. The number of hydrogen-bond donors (Lipinski definition) is 1. The van der Waals surface area contributed by atoms with Gasteiger partial charge in [-0.15, -0.1) is 0 Å². The molecule has 0 unspecified atom stereocenters. The maximum Gasteiger partial charge on any atom is 0.233 e. The van der Waals surface area contributed by atoms with Crippen LogP contribution in [0.5, 0.6) is 0 Å². The second-order valence-electron chi connectivity index (χ2n) is 5.80. The highest BCUT2D eigenvalue weighted by atomic mass is 35.5. The number of hydrogen-bond acceptors (Lipinski definition) is 4. The summed E-state index contributed by atoms with van der Waals surface area (Å²) in [5, 5.41) is 11.0. The lowest BCUT2D eigenvalue weighted by atomic mass is 10.1. The molecule has 0 bridgehead atoms. The lowest BCUT2D eigenvalue weighted by Crippen LogP contribution is -2.45. The Morgan fingerprint density at radius 2 is 1.79 bits per heavy atom. The molecule has 0 spiro atoms. The van der Waals surface area contributed by atoms with Crippen LogP contribution >= 0.6 is 35.4 Å². The van der Waals surface area contributed by atoms with Crippen LogP contribution in [-0.4, -0.2) is 28.7 Å². The zero-order chi connectivity index (χ0) is 20.3. The fraction of sp³-hybridized carbons (Fsp3) is 0.105. The predicted octanol–water partition coefficient (Wildman–Crippen LogP) is 5.16. The Balaban J connectivity index is 1.98. The van der Waals surface area contributed by atoms with Crippen molar-refractivity contribution in [3.05, 3.63) is 64.3 Å². The van der Waals surface area contributed by atoms with Gasteiger partial charge in [-0.25, -0.2) is 5.01 Å². The third-order valence-corrected chi connectivity index (χ3v) is 5.00. The number of carbonyl (C=O) groups excluding carboxylic acids is 1. The van der Waals surface area contributed by atoms with Crippen molar-refractivity contribution in [2.45, 2.75) is 6.92 Å². The van der Waals surface area contributed by atoms with Crippen LogP contribution in [0, 0.1) is 6.92 Å².